The highest BCUT2D eigenvalue weighted by atomic mass is 16.1. The number of hydrogen-bond acceptors (Lipinski definition) is 2. The molecule has 2 aliphatic rings. The molecule has 0 spiro atoms. The lowest BCUT2D eigenvalue weighted by atomic mass is 9.76. The molecule has 3 heteroatoms. The molecule has 3 rings (SSSR count). The molecule has 2 unspecified atom stereocenters. The first kappa shape index (κ1) is 15.3. The first-order valence-electron chi connectivity index (χ1n) is 8.50. The van der Waals surface area contributed by atoms with E-state index in [1.807, 2.05) is 26.1 Å². The van der Waals surface area contributed by atoms with Gasteiger partial charge in [0.1, 0.15) is 5.82 Å². The fraction of sp³-hybridized carbons (Fsp3) is 0.579. The van der Waals surface area contributed by atoms with Crippen LogP contribution < -0.4 is 5.32 Å². The summed E-state index contributed by atoms with van der Waals surface area (Å²) in [6, 6.07) is 4.04. The van der Waals surface area contributed by atoms with Gasteiger partial charge in [-0.3, -0.25) is 4.79 Å². The number of carbonyl (C=O) groups excluding carboxylic acids is 1. The van der Waals surface area contributed by atoms with Gasteiger partial charge in [0.2, 0.25) is 5.91 Å². The van der Waals surface area contributed by atoms with E-state index in [4.69, 9.17) is 0 Å². The Morgan fingerprint density at radius 2 is 1.95 bits per heavy atom. The van der Waals surface area contributed by atoms with Crippen molar-refractivity contribution in [2.24, 2.45) is 17.8 Å². The molecule has 0 radical (unpaired) electrons. The van der Waals surface area contributed by atoms with Crippen LogP contribution in [-0.4, -0.2) is 10.9 Å². The summed E-state index contributed by atoms with van der Waals surface area (Å²) >= 11 is 0. The molecule has 1 heterocycles. The Bertz CT molecular complexity index is 586. The van der Waals surface area contributed by atoms with Gasteiger partial charge in [-0.2, -0.15) is 0 Å². The first-order chi connectivity index (χ1) is 10.5. The highest BCUT2D eigenvalue weighted by Gasteiger charge is 2.32. The molecule has 22 heavy (non-hydrogen) atoms. The second kappa shape index (κ2) is 6.23. The van der Waals surface area contributed by atoms with Gasteiger partial charge in [-0.25, -0.2) is 4.98 Å². The van der Waals surface area contributed by atoms with Crippen molar-refractivity contribution in [1.82, 2.24) is 4.98 Å². The number of aromatic nitrogens is 1. The predicted molar refractivity (Wildman–Crippen MR) is 90.4 cm³/mol. The molecule has 2 atom stereocenters. The lowest BCUT2D eigenvalue weighted by Crippen LogP contribution is -2.18. The highest BCUT2D eigenvalue weighted by molar-refractivity contribution is 5.91. The van der Waals surface area contributed by atoms with E-state index in [9.17, 15) is 4.79 Å². The quantitative estimate of drug-likeness (QED) is 0.881. The lowest BCUT2D eigenvalue weighted by molar-refractivity contribution is -0.118. The molecule has 0 aliphatic heterocycles. The molecule has 118 valence electrons. The zero-order valence-corrected chi connectivity index (χ0v) is 13.9. The Hall–Kier alpha value is -1.64. The van der Waals surface area contributed by atoms with Gasteiger partial charge < -0.3 is 5.32 Å². The Balaban J connectivity index is 1.75. The third-order valence-electron chi connectivity index (χ3n) is 5.25. The van der Waals surface area contributed by atoms with E-state index >= 15 is 0 Å². The Morgan fingerprint density at radius 3 is 2.59 bits per heavy atom. The molecule has 1 aromatic rings. The third-order valence-corrected chi connectivity index (χ3v) is 5.25. The van der Waals surface area contributed by atoms with Gasteiger partial charge in [0.15, 0.2) is 0 Å². The number of amides is 1. The maximum atomic E-state index is 11.7. The first-order valence-corrected chi connectivity index (χ1v) is 8.50. The predicted octanol–water partition coefficient (Wildman–Crippen LogP) is 4.66. The van der Waals surface area contributed by atoms with Gasteiger partial charge >= 0.3 is 0 Å². The smallest absolute Gasteiger partial charge is 0.228 e. The second-order valence-corrected chi connectivity index (χ2v) is 7.19. The summed E-state index contributed by atoms with van der Waals surface area (Å²) in [6.45, 7) is 6.05. The van der Waals surface area contributed by atoms with Crippen LogP contribution in [0.15, 0.2) is 23.9 Å². The van der Waals surface area contributed by atoms with Crippen LogP contribution in [0.25, 0.3) is 5.57 Å². The lowest BCUT2D eigenvalue weighted by Gasteiger charge is -2.29. The van der Waals surface area contributed by atoms with E-state index in [-0.39, 0.29) is 11.8 Å². The summed E-state index contributed by atoms with van der Waals surface area (Å²) in [6.07, 6.45) is 8.57. The molecule has 0 bridgehead atoms. The van der Waals surface area contributed by atoms with Gasteiger partial charge in [0, 0.05) is 12.1 Å². The molecular weight excluding hydrogens is 272 g/mol. The van der Waals surface area contributed by atoms with Crippen molar-refractivity contribution in [2.45, 2.75) is 52.9 Å². The molecule has 1 fully saturated rings. The molecule has 0 aromatic carbocycles. The molecule has 1 amide bonds. The number of allylic oxidation sites excluding steroid dienone is 2. The largest absolute Gasteiger partial charge is 0.310 e. The summed E-state index contributed by atoms with van der Waals surface area (Å²) in [5, 5.41) is 2.85. The van der Waals surface area contributed by atoms with Crippen LogP contribution in [-0.2, 0) is 4.79 Å². The third kappa shape index (κ3) is 3.08. The van der Waals surface area contributed by atoms with Crippen LogP contribution in [0, 0.1) is 17.8 Å². The summed E-state index contributed by atoms with van der Waals surface area (Å²) < 4.78 is 0. The zero-order chi connectivity index (χ0) is 15.7. The van der Waals surface area contributed by atoms with Crippen LogP contribution in [0.3, 0.4) is 0 Å². The van der Waals surface area contributed by atoms with Gasteiger partial charge in [-0.15, -0.1) is 0 Å². The van der Waals surface area contributed by atoms with Gasteiger partial charge in [0.05, 0.1) is 0 Å². The van der Waals surface area contributed by atoms with Crippen LogP contribution >= 0.6 is 0 Å². The van der Waals surface area contributed by atoms with E-state index < -0.39 is 0 Å². The van der Waals surface area contributed by atoms with Gasteiger partial charge in [-0.1, -0.05) is 25.8 Å². The number of rotatable bonds is 3. The van der Waals surface area contributed by atoms with Crippen molar-refractivity contribution in [1.29, 1.82) is 0 Å². The van der Waals surface area contributed by atoms with Crippen LogP contribution in [0.1, 0.15) is 58.4 Å². The van der Waals surface area contributed by atoms with Crippen molar-refractivity contribution in [3.8, 4) is 0 Å². The molecule has 3 nitrogen and oxygen atoms in total. The standard InChI is InChI=1S/C19H26N2O/c1-12(2)19(22)21-18-8-7-16(11-20-18)17-10-15-6-4-5-14(15)9-13(17)3/h7-8,11-12,14-15H,4-6,9-10H2,1-3H3,(H,20,21,22). The summed E-state index contributed by atoms with van der Waals surface area (Å²) in [5.74, 6) is 2.43. The number of anilines is 1. The van der Waals surface area contributed by atoms with Gasteiger partial charge in [0.25, 0.3) is 0 Å². The number of nitrogens with one attached hydrogen (secondary N) is 1. The van der Waals surface area contributed by atoms with Crippen molar-refractivity contribution in [2.75, 3.05) is 5.32 Å². The average molecular weight is 298 g/mol. The molecule has 2 aliphatic carbocycles. The fourth-order valence-corrected chi connectivity index (χ4v) is 3.89. The number of nitrogens with zero attached hydrogens (tertiary/aromatic N) is 1. The monoisotopic (exact) mass is 298 g/mol. The van der Waals surface area contributed by atoms with E-state index in [2.05, 4.69) is 23.3 Å². The van der Waals surface area contributed by atoms with E-state index in [1.165, 1.54) is 48.8 Å². The molecule has 1 N–H and O–H groups in total. The minimum Gasteiger partial charge on any atom is -0.310 e. The maximum Gasteiger partial charge on any atom is 0.228 e. The summed E-state index contributed by atoms with van der Waals surface area (Å²) in [5.41, 5.74) is 4.24. The second-order valence-electron chi connectivity index (χ2n) is 7.19. The highest BCUT2D eigenvalue weighted by Crippen LogP contribution is 2.46. The van der Waals surface area contributed by atoms with Crippen molar-refractivity contribution >= 4 is 17.3 Å². The number of hydrogen-bond donors (Lipinski definition) is 1. The minimum atomic E-state index is -0.0240. The number of fused-ring (bicyclic) bond motifs is 1. The molecular formula is C19H26N2O. The van der Waals surface area contributed by atoms with Crippen LogP contribution in [0.4, 0.5) is 5.82 Å². The van der Waals surface area contributed by atoms with E-state index in [0.717, 1.165) is 11.8 Å². The number of carbonyl (C=O) groups is 1. The maximum absolute atomic E-state index is 11.7. The Kier molecular flexibility index (Phi) is 4.32. The van der Waals surface area contributed by atoms with Crippen LogP contribution in [0.5, 0.6) is 0 Å². The van der Waals surface area contributed by atoms with Gasteiger partial charge in [-0.05, 0) is 67.7 Å². The average Bonchev–Trinajstić information content (AvgIpc) is 2.94. The van der Waals surface area contributed by atoms with Crippen molar-refractivity contribution < 1.29 is 4.79 Å². The van der Waals surface area contributed by atoms with Crippen molar-refractivity contribution in [3.05, 3.63) is 29.5 Å². The Labute approximate surface area is 133 Å². The summed E-state index contributed by atoms with van der Waals surface area (Å²) in [4.78, 5) is 16.1. The Morgan fingerprint density at radius 1 is 1.23 bits per heavy atom. The fourth-order valence-electron chi connectivity index (χ4n) is 3.89. The number of pyridine rings is 1. The van der Waals surface area contributed by atoms with Crippen molar-refractivity contribution in [3.63, 3.8) is 0 Å². The van der Waals surface area contributed by atoms with Crippen LogP contribution in [0.2, 0.25) is 0 Å². The summed E-state index contributed by atoms with van der Waals surface area (Å²) in [7, 11) is 0. The SMILES string of the molecule is CC1=C(c2ccc(NC(=O)C(C)C)nc2)CC2CCCC2C1. The zero-order valence-electron chi connectivity index (χ0n) is 13.9. The molecule has 1 aromatic heterocycles. The van der Waals surface area contributed by atoms with E-state index in [0.29, 0.717) is 5.82 Å². The minimum absolute atomic E-state index is 0.0158. The normalized spacial score (nSPS) is 24.5. The molecule has 1 saturated carbocycles. The molecule has 0 saturated heterocycles. The van der Waals surface area contributed by atoms with E-state index in [1.54, 1.807) is 0 Å². The topological polar surface area (TPSA) is 42.0 Å².